The Kier molecular flexibility index (Phi) is 3.50. The van der Waals surface area contributed by atoms with Gasteiger partial charge in [0.25, 0.3) is 0 Å². The fourth-order valence-electron chi connectivity index (χ4n) is 2.18. The second-order valence-electron chi connectivity index (χ2n) is 4.81. The monoisotopic (exact) mass is 262 g/mol. The lowest BCUT2D eigenvalue weighted by Gasteiger charge is -2.14. The Hall–Kier alpha value is -1.26. The third kappa shape index (κ3) is 2.94. The molecule has 0 heterocycles. The van der Waals surface area contributed by atoms with Gasteiger partial charge in [0.15, 0.2) is 11.6 Å². The number of halogens is 4. The Morgan fingerprint density at radius 1 is 1.28 bits per heavy atom. The summed E-state index contributed by atoms with van der Waals surface area (Å²) in [4.78, 5) is 0. The second kappa shape index (κ2) is 4.78. The zero-order valence-corrected chi connectivity index (χ0v) is 9.98. The molecule has 0 N–H and O–H groups in total. The highest BCUT2D eigenvalue weighted by molar-refractivity contribution is 5.33. The van der Waals surface area contributed by atoms with Crippen molar-refractivity contribution in [3.63, 3.8) is 0 Å². The van der Waals surface area contributed by atoms with Crippen LogP contribution < -0.4 is 4.74 Å². The van der Waals surface area contributed by atoms with Crippen molar-refractivity contribution in [1.29, 1.82) is 0 Å². The van der Waals surface area contributed by atoms with Crippen LogP contribution in [0.5, 0.6) is 5.75 Å². The summed E-state index contributed by atoms with van der Waals surface area (Å²) in [6.45, 7) is 1.70. The molecule has 1 atom stereocenters. The summed E-state index contributed by atoms with van der Waals surface area (Å²) in [7, 11) is 0. The lowest BCUT2D eigenvalue weighted by Crippen LogP contribution is -2.14. The number of ether oxygens (including phenoxy) is 1. The third-order valence-corrected chi connectivity index (χ3v) is 3.20. The molecule has 1 aliphatic rings. The van der Waals surface area contributed by atoms with Gasteiger partial charge in [0.2, 0.25) is 5.92 Å². The summed E-state index contributed by atoms with van der Waals surface area (Å²) in [6.07, 6.45) is 0.0727. The molecule has 1 nitrogen and oxygen atoms in total. The molecule has 1 aromatic carbocycles. The van der Waals surface area contributed by atoms with Gasteiger partial charge in [-0.3, -0.25) is 0 Å². The summed E-state index contributed by atoms with van der Waals surface area (Å²) >= 11 is 0. The molecule has 0 bridgehead atoms. The van der Waals surface area contributed by atoms with Crippen molar-refractivity contribution in [1.82, 2.24) is 0 Å². The van der Waals surface area contributed by atoms with Crippen LogP contribution in [-0.4, -0.2) is 12.5 Å². The van der Waals surface area contributed by atoms with E-state index < -0.39 is 17.6 Å². The van der Waals surface area contributed by atoms with Crippen LogP contribution >= 0.6 is 0 Å². The lowest BCUT2D eigenvalue weighted by molar-refractivity contribution is 0.00290. The van der Waals surface area contributed by atoms with E-state index >= 15 is 0 Å². The standard InChI is InChI=1S/C13H14F4O/c1-8-4-10(14)11(15)5-12(8)18-7-9-2-3-13(16,17)6-9/h4-5,9H,2-3,6-7H2,1H3. The van der Waals surface area contributed by atoms with Crippen molar-refractivity contribution in [2.24, 2.45) is 5.92 Å². The largest absolute Gasteiger partial charge is 0.493 e. The Morgan fingerprint density at radius 3 is 2.56 bits per heavy atom. The predicted octanol–water partition coefficient (Wildman–Crippen LogP) is 4.09. The quantitative estimate of drug-likeness (QED) is 0.745. The van der Waals surface area contributed by atoms with Gasteiger partial charge in [-0.25, -0.2) is 17.6 Å². The molecular formula is C13H14F4O. The SMILES string of the molecule is Cc1cc(F)c(F)cc1OCC1CCC(F)(F)C1. The maximum absolute atomic E-state index is 13.0. The third-order valence-electron chi connectivity index (χ3n) is 3.20. The van der Waals surface area contributed by atoms with Crippen molar-refractivity contribution in [2.45, 2.75) is 32.1 Å². The number of benzene rings is 1. The van der Waals surface area contributed by atoms with E-state index in [4.69, 9.17) is 4.74 Å². The molecule has 1 unspecified atom stereocenters. The highest BCUT2D eigenvalue weighted by Gasteiger charge is 2.39. The number of hydrogen-bond acceptors (Lipinski definition) is 1. The minimum atomic E-state index is -2.61. The molecule has 0 aliphatic heterocycles. The molecular weight excluding hydrogens is 248 g/mol. The zero-order chi connectivity index (χ0) is 13.3. The first-order valence-corrected chi connectivity index (χ1v) is 5.84. The van der Waals surface area contributed by atoms with Gasteiger partial charge < -0.3 is 4.74 Å². The first kappa shape index (κ1) is 13.2. The number of rotatable bonds is 3. The van der Waals surface area contributed by atoms with Crippen LogP contribution in [0.15, 0.2) is 12.1 Å². The topological polar surface area (TPSA) is 9.23 Å². The molecule has 0 radical (unpaired) electrons. The Morgan fingerprint density at radius 2 is 1.94 bits per heavy atom. The minimum absolute atomic E-state index is 0.113. The van der Waals surface area contributed by atoms with Crippen LogP contribution in [-0.2, 0) is 0 Å². The van der Waals surface area contributed by atoms with Crippen molar-refractivity contribution >= 4 is 0 Å². The summed E-state index contributed by atoms with van der Waals surface area (Å²) in [5, 5.41) is 0. The number of alkyl halides is 2. The van der Waals surface area contributed by atoms with E-state index in [1.54, 1.807) is 6.92 Å². The maximum Gasteiger partial charge on any atom is 0.248 e. The van der Waals surface area contributed by atoms with Gasteiger partial charge >= 0.3 is 0 Å². The highest BCUT2D eigenvalue weighted by atomic mass is 19.3. The fourth-order valence-corrected chi connectivity index (χ4v) is 2.18. The van der Waals surface area contributed by atoms with Gasteiger partial charge in [-0.1, -0.05) is 0 Å². The molecule has 1 fully saturated rings. The smallest absolute Gasteiger partial charge is 0.248 e. The van der Waals surface area contributed by atoms with Crippen molar-refractivity contribution in [3.05, 3.63) is 29.3 Å². The van der Waals surface area contributed by atoms with E-state index in [0.29, 0.717) is 12.0 Å². The Balaban J connectivity index is 1.97. The average Bonchev–Trinajstić information content (AvgIpc) is 2.62. The van der Waals surface area contributed by atoms with Gasteiger partial charge in [-0.15, -0.1) is 0 Å². The molecule has 1 saturated carbocycles. The molecule has 0 aromatic heterocycles. The van der Waals surface area contributed by atoms with Crippen molar-refractivity contribution in [2.75, 3.05) is 6.61 Å². The zero-order valence-electron chi connectivity index (χ0n) is 9.98. The van der Waals surface area contributed by atoms with E-state index in [1.807, 2.05) is 0 Å². The molecule has 1 aromatic rings. The van der Waals surface area contributed by atoms with Crippen LogP contribution in [0.3, 0.4) is 0 Å². The Labute approximate surface area is 103 Å². The summed E-state index contributed by atoms with van der Waals surface area (Å²) in [6, 6.07) is 1.99. The predicted molar refractivity (Wildman–Crippen MR) is 58.9 cm³/mol. The van der Waals surface area contributed by atoms with Crippen LogP contribution in [0.2, 0.25) is 0 Å². The summed E-state index contributed by atoms with van der Waals surface area (Å²) < 4.78 is 57.1. The summed E-state index contributed by atoms with van der Waals surface area (Å²) in [5.74, 6) is -4.56. The molecule has 0 saturated heterocycles. The van der Waals surface area contributed by atoms with Gasteiger partial charge in [0.05, 0.1) is 6.61 Å². The highest BCUT2D eigenvalue weighted by Crippen LogP contribution is 2.39. The number of aryl methyl sites for hydroxylation is 1. The first-order chi connectivity index (χ1) is 8.37. The lowest BCUT2D eigenvalue weighted by atomic mass is 10.1. The van der Waals surface area contributed by atoms with Crippen molar-refractivity contribution in [3.8, 4) is 5.75 Å². The van der Waals surface area contributed by atoms with Crippen LogP contribution in [0.4, 0.5) is 17.6 Å². The van der Waals surface area contributed by atoms with Crippen LogP contribution in [0.25, 0.3) is 0 Å². The van der Waals surface area contributed by atoms with Crippen LogP contribution in [0.1, 0.15) is 24.8 Å². The molecule has 1 aliphatic carbocycles. The van der Waals surface area contributed by atoms with E-state index in [1.165, 1.54) is 0 Å². The van der Waals surface area contributed by atoms with E-state index in [2.05, 4.69) is 0 Å². The maximum atomic E-state index is 13.0. The molecule has 2 rings (SSSR count). The minimum Gasteiger partial charge on any atom is -0.493 e. The normalized spacial score (nSPS) is 22.2. The van der Waals surface area contributed by atoms with Gasteiger partial charge in [-0.05, 0) is 30.9 Å². The molecule has 100 valence electrons. The van der Waals surface area contributed by atoms with E-state index in [0.717, 1.165) is 12.1 Å². The molecule has 0 amide bonds. The summed E-state index contributed by atoms with van der Waals surface area (Å²) in [5.41, 5.74) is 0.457. The van der Waals surface area contributed by atoms with Gasteiger partial charge in [-0.2, -0.15) is 0 Å². The van der Waals surface area contributed by atoms with Crippen LogP contribution in [0, 0.1) is 24.5 Å². The number of hydrogen-bond donors (Lipinski definition) is 0. The molecule has 5 heteroatoms. The van der Waals surface area contributed by atoms with E-state index in [9.17, 15) is 17.6 Å². The molecule has 0 spiro atoms. The average molecular weight is 262 g/mol. The van der Waals surface area contributed by atoms with Crippen molar-refractivity contribution < 1.29 is 22.3 Å². The van der Waals surface area contributed by atoms with Gasteiger partial charge in [0.1, 0.15) is 5.75 Å². The first-order valence-electron chi connectivity index (χ1n) is 5.84. The second-order valence-corrected chi connectivity index (χ2v) is 4.81. The Bertz CT molecular complexity index is 445. The molecule has 18 heavy (non-hydrogen) atoms. The fraction of sp³-hybridized carbons (Fsp3) is 0.538. The van der Waals surface area contributed by atoms with E-state index in [-0.39, 0.29) is 31.1 Å². The van der Waals surface area contributed by atoms with Gasteiger partial charge in [0, 0.05) is 18.9 Å².